The maximum Gasteiger partial charge on any atom is 0.141 e. The van der Waals surface area contributed by atoms with E-state index in [4.69, 9.17) is 0 Å². The molecule has 0 N–H and O–H groups in total. The Hall–Kier alpha value is -1.68. The van der Waals surface area contributed by atoms with Crippen molar-refractivity contribution in [1.82, 2.24) is 14.3 Å². The quantitative estimate of drug-likeness (QED) is 0.826. The van der Waals surface area contributed by atoms with Gasteiger partial charge in [0.25, 0.3) is 0 Å². The van der Waals surface area contributed by atoms with Gasteiger partial charge in [-0.3, -0.25) is 4.79 Å². The van der Waals surface area contributed by atoms with Gasteiger partial charge in [0.15, 0.2) is 0 Å². The highest BCUT2D eigenvalue weighted by Crippen LogP contribution is 2.23. The summed E-state index contributed by atoms with van der Waals surface area (Å²) in [5, 5.41) is 0. The number of nitrogens with zero attached hydrogens (tertiary/aromatic N) is 3. The van der Waals surface area contributed by atoms with E-state index in [2.05, 4.69) is 16.8 Å². The fourth-order valence-corrected chi connectivity index (χ4v) is 2.50. The number of carbonyl (C=O) groups is 1. The minimum atomic E-state index is -0.0631. The van der Waals surface area contributed by atoms with Crippen LogP contribution in [0.5, 0.6) is 0 Å². The molecule has 0 spiro atoms. The first-order chi connectivity index (χ1) is 9.04. The summed E-state index contributed by atoms with van der Waals surface area (Å²) in [7, 11) is 4.00. The zero-order chi connectivity index (χ0) is 14.0. The summed E-state index contributed by atoms with van der Waals surface area (Å²) in [5.74, 6) is 0.225. The second-order valence-corrected chi connectivity index (χ2v) is 5.16. The predicted octanol–water partition coefficient (Wildman–Crippen LogP) is 2.27. The first-order valence-corrected chi connectivity index (χ1v) is 6.64. The Morgan fingerprint density at radius 1 is 1.42 bits per heavy atom. The summed E-state index contributed by atoms with van der Waals surface area (Å²) >= 11 is 0. The molecule has 19 heavy (non-hydrogen) atoms. The summed E-state index contributed by atoms with van der Waals surface area (Å²) in [6.07, 6.45) is 4.30. The van der Waals surface area contributed by atoms with E-state index in [1.54, 1.807) is 6.20 Å². The summed E-state index contributed by atoms with van der Waals surface area (Å²) in [5.41, 5.74) is 3.13. The molecule has 0 saturated heterocycles. The van der Waals surface area contributed by atoms with E-state index in [1.165, 1.54) is 0 Å². The number of hydrogen-bond donors (Lipinski definition) is 0. The lowest BCUT2D eigenvalue weighted by molar-refractivity contribution is -0.120. The number of ketones is 1. The number of fused-ring (bicyclic) bond motifs is 1. The minimum Gasteiger partial charge on any atom is -0.308 e. The molecule has 4 nitrogen and oxygen atoms in total. The number of Topliss-reactive ketones (excluding diaryl/α,β-unsaturated/α-hetero) is 1. The average molecular weight is 259 g/mol. The fraction of sp³-hybridized carbons (Fsp3) is 0.467. The van der Waals surface area contributed by atoms with Crippen LogP contribution in [0.25, 0.3) is 5.65 Å². The third kappa shape index (κ3) is 2.68. The van der Waals surface area contributed by atoms with Gasteiger partial charge in [0.05, 0.1) is 5.92 Å². The van der Waals surface area contributed by atoms with Gasteiger partial charge in [0, 0.05) is 31.1 Å². The molecule has 0 saturated carbocycles. The number of likely N-dealkylation sites (N-methyl/N-ethyl adjacent to an activating group) is 1. The van der Waals surface area contributed by atoms with Gasteiger partial charge in [0.2, 0.25) is 0 Å². The van der Waals surface area contributed by atoms with Crippen LogP contribution in [0.2, 0.25) is 0 Å². The maximum absolute atomic E-state index is 12.2. The Labute approximate surface area is 114 Å². The van der Waals surface area contributed by atoms with E-state index >= 15 is 0 Å². The van der Waals surface area contributed by atoms with Crippen LogP contribution in [-0.4, -0.2) is 40.7 Å². The Kier molecular flexibility index (Phi) is 4.00. The number of carbonyl (C=O) groups excluding carboxylic acids is 1. The molecule has 2 aromatic heterocycles. The number of imidazole rings is 1. The molecular weight excluding hydrogens is 238 g/mol. The minimum absolute atomic E-state index is 0.0631. The molecular formula is C15H21N3O. The van der Waals surface area contributed by atoms with Crippen LogP contribution in [0.4, 0.5) is 0 Å². The van der Waals surface area contributed by atoms with Crippen molar-refractivity contribution in [2.45, 2.75) is 26.2 Å². The van der Waals surface area contributed by atoms with Gasteiger partial charge in [-0.15, -0.1) is 0 Å². The molecule has 0 aliphatic heterocycles. The van der Waals surface area contributed by atoms with Crippen molar-refractivity contribution >= 4 is 11.4 Å². The highest BCUT2D eigenvalue weighted by atomic mass is 16.1. The smallest absolute Gasteiger partial charge is 0.141 e. The Morgan fingerprint density at radius 3 is 2.79 bits per heavy atom. The second kappa shape index (κ2) is 5.53. The summed E-state index contributed by atoms with van der Waals surface area (Å²) < 4.78 is 2.04. The van der Waals surface area contributed by atoms with E-state index < -0.39 is 0 Å². The molecule has 1 atom stereocenters. The van der Waals surface area contributed by atoms with E-state index in [1.807, 2.05) is 43.7 Å². The largest absolute Gasteiger partial charge is 0.308 e. The summed E-state index contributed by atoms with van der Waals surface area (Å²) in [4.78, 5) is 18.6. The number of aromatic nitrogens is 2. The molecule has 0 fully saturated rings. The summed E-state index contributed by atoms with van der Waals surface area (Å²) in [6, 6.07) is 4.02. The molecule has 102 valence electrons. The van der Waals surface area contributed by atoms with Gasteiger partial charge in [-0.2, -0.15) is 0 Å². The van der Waals surface area contributed by atoms with Crippen molar-refractivity contribution in [3.05, 3.63) is 35.8 Å². The van der Waals surface area contributed by atoms with Crippen molar-refractivity contribution < 1.29 is 4.79 Å². The first-order valence-electron chi connectivity index (χ1n) is 6.64. The van der Waals surface area contributed by atoms with Crippen molar-refractivity contribution in [2.75, 3.05) is 20.6 Å². The average Bonchev–Trinajstić information content (AvgIpc) is 2.85. The summed E-state index contributed by atoms with van der Waals surface area (Å²) in [6.45, 7) is 4.72. The lowest BCUT2D eigenvalue weighted by Gasteiger charge is -2.22. The highest BCUT2D eigenvalue weighted by Gasteiger charge is 2.22. The SMILES string of the molecule is CCC(=O)C(CN(C)C)c1ccc2nccn2c1C. The zero-order valence-electron chi connectivity index (χ0n) is 12.1. The van der Waals surface area contributed by atoms with E-state index in [0.717, 1.165) is 23.4 Å². The topological polar surface area (TPSA) is 37.6 Å². The van der Waals surface area contributed by atoms with Crippen molar-refractivity contribution in [2.24, 2.45) is 0 Å². The molecule has 0 aliphatic carbocycles. The lowest BCUT2D eigenvalue weighted by atomic mass is 9.91. The lowest BCUT2D eigenvalue weighted by Crippen LogP contribution is -2.27. The van der Waals surface area contributed by atoms with Crippen LogP contribution in [0.3, 0.4) is 0 Å². The molecule has 0 aromatic carbocycles. The van der Waals surface area contributed by atoms with E-state index in [0.29, 0.717) is 6.42 Å². The van der Waals surface area contributed by atoms with Crippen LogP contribution in [-0.2, 0) is 4.79 Å². The number of hydrogen-bond acceptors (Lipinski definition) is 3. The highest BCUT2D eigenvalue weighted by molar-refractivity contribution is 5.86. The third-order valence-corrected chi connectivity index (χ3v) is 3.52. The van der Waals surface area contributed by atoms with Gasteiger partial charge >= 0.3 is 0 Å². The molecule has 4 heteroatoms. The monoisotopic (exact) mass is 259 g/mol. The Morgan fingerprint density at radius 2 is 2.16 bits per heavy atom. The second-order valence-electron chi connectivity index (χ2n) is 5.16. The van der Waals surface area contributed by atoms with Gasteiger partial charge in [-0.25, -0.2) is 4.98 Å². The van der Waals surface area contributed by atoms with Gasteiger partial charge in [-0.05, 0) is 32.6 Å². The molecule has 1 unspecified atom stereocenters. The van der Waals surface area contributed by atoms with Gasteiger partial charge < -0.3 is 9.30 Å². The zero-order valence-corrected chi connectivity index (χ0v) is 12.1. The predicted molar refractivity (Wildman–Crippen MR) is 76.5 cm³/mol. The maximum atomic E-state index is 12.2. The van der Waals surface area contributed by atoms with E-state index in [9.17, 15) is 4.79 Å². The normalized spacial score (nSPS) is 13.1. The first kappa shape index (κ1) is 13.7. The van der Waals surface area contributed by atoms with Gasteiger partial charge in [-0.1, -0.05) is 13.0 Å². The van der Waals surface area contributed by atoms with Crippen LogP contribution in [0.1, 0.15) is 30.5 Å². The van der Waals surface area contributed by atoms with Crippen LogP contribution in [0.15, 0.2) is 24.5 Å². The number of pyridine rings is 1. The fourth-order valence-electron chi connectivity index (χ4n) is 2.50. The molecule has 0 radical (unpaired) electrons. The molecule has 0 aliphatic rings. The van der Waals surface area contributed by atoms with Crippen molar-refractivity contribution in [3.63, 3.8) is 0 Å². The van der Waals surface area contributed by atoms with E-state index in [-0.39, 0.29) is 11.7 Å². The molecule has 0 amide bonds. The molecule has 2 heterocycles. The third-order valence-electron chi connectivity index (χ3n) is 3.52. The number of aryl methyl sites for hydroxylation is 1. The molecule has 2 aromatic rings. The Bertz CT molecular complexity index is 586. The molecule has 0 bridgehead atoms. The molecule has 2 rings (SSSR count). The van der Waals surface area contributed by atoms with Crippen LogP contribution >= 0.6 is 0 Å². The van der Waals surface area contributed by atoms with Crippen molar-refractivity contribution in [3.8, 4) is 0 Å². The standard InChI is InChI=1S/C15H21N3O/c1-5-14(19)13(10-17(3)4)12-6-7-15-16-8-9-18(15)11(12)2/h6-9,13H,5,10H2,1-4H3. The Balaban J connectivity index is 2.48. The van der Waals surface area contributed by atoms with Gasteiger partial charge in [0.1, 0.15) is 11.4 Å². The van der Waals surface area contributed by atoms with Crippen molar-refractivity contribution in [1.29, 1.82) is 0 Å². The van der Waals surface area contributed by atoms with Crippen LogP contribution in [0, 0.1) is 6.92 Å². The van der Waals surface area contributed by atoms with Crippen LogP contribution < -0.4 is 0 Å². The number of rotatable bonds is 5.